The molecule has 66 valence electrons. The van der Waals surface area contributed by atoms with Crippen LogP contribution in [-0.4, -0.2) is 39.0 Å². The lowest BCUT2D eigenvalue weighted by atomic mass is 10.2. The first-order valence-electron chi connectivity index (χ1n) is 4.17. The minimum Gasteiger partial charge on any atom is -0.382 e. The van der Waals surface area contributed by atoms with Crippen LogP contribution in [0.3, 0.4) is 0 Å². The molecule has 2 unspecified atom stereocenters. The number of rotatable bonds is 2. The van der Waals surface area contributed by atoms with Crippen molar-refractivity contribution in [3.8, 4) is 0 Å². The van der Waals surface area contributed by atoms with Gasteiger partial charge in [0.2, 0.25) is 0 Å². The van der Waals surface area contributed by atoms with Gasteiger partial charge in [-0.25, -0.2) is 0 Å². The first-order chi connectivity index (χ1) is 5.33. The van der Waals surface area contributed by atoms with Crippen LogP contribution in [0.25, 0.3) is 0 Å². The van der Waals surface area contributed by atoms with E-state index >= 15 is 0 Å². The van der Waals surface area contributed by atoms with Crippen molar-refractivity contribution in [2.45, 2.75) is 25.5 Å². The van der Waals surface area contributed by atoms with Crippen molar-refractivity contribution in [3.05, 3.63) is 0 Å². The molecule has 0 amide bonds. The van der Waals surface area contributed by atoms with E-state index in [1.165, 1.54) is 0 Å². The average molecular weight is 159 g/mol. The highest BCUT2D eigenvalue weighted by Gasteiger charge is 2.14. The predicted octanol–water partition coefficient (Wildman–Crippen LogP) is 0.400. The van der Waals surface area contributed by atoms with Gasteiger partial charge in [0.15, 0.2) is 0 Å². The molecule has 3 nitrogen and oxygen atoms in total. The van der Waals surface area contributed by atoms with Crippen LogP contribution >= 0.6 is 0 Å². The Kier molecular flexibility index (Phi) is 3.83. The second kappa shape index (κ2) is 4.70. The Morgan fingerprint density at radius 3 is 3.18 bits per heavy atom. The molecular weight excluding hydrogens is 142 g/mol. The van der Waals surface area contributed by atoms with E-state index in [1.807, 2.05) is 0 Å². The largest absolute Gasteiger partial charge is 0.382 e. The first-order valence-corrected chi connectivity index (χ1v) is 4.17. The molecule has 1 N–H and O–H groups in total. The molecule has 0 aromatic carbocycles. The zero-order valence-corrected chi connectivity index (χ0v) is 7.30. The third kappa shape index (κ3) is 3.18. The van der Waals surface area contributed by atoms with Gasteiger partial charge >= 0.3 is 0 Å². The molecule has 1 heterocycles. The molecule has 0 aliphatic carbocycles. The van der Waals surface area contributed by atoms with Gasteiger partial charge in [0.1, 0.15) is 0 Å². The van der Waals surface area contributed by atoms with Crippen LogP contribution in [0.5, 0.6) is 0 Å². The highest BCUT2D eigenvalue weighted by molar-refractivity contribution is 4.70. The van der Waals surface area contributed by atoms with E-state index < -0.39 is 0 Å². The lowest BCUT2D eigenvalue weighted by Crippen LogP contribution is -2.33. The Bertz CT molecular complexity index is 108. The lowest BCUT2D eigenvalue weighted by molar-refractivity contribution is 0.00869. The molecule has 1 saturated heterocycles. The summed E-state index contributed by atoms with van der Waals surface area (Å²) in [6.45, 7) is 4.63. The van der Waals surface area contributed by atoms with E-state index in [-0.39, 0.29) is 6.10 Å². The number of ether oxygens (including phenoxy) is 2. The molecule has 0 aromatic rings. The van der Waals surface area contributed by atoms with Gasteiger partial charge < -0.3 is 14.8 Å². The molecule has 0 saturated carbocycles. The van der Waals surface area contributed by atoms with Crippen LogP contribution < -0.4 is 5.32 Å². The predicted molar refractivity (Wildman–Crippen MR) is 43.7 cm³/mol. The van der Waals surface area contributed by atoms with Gasteiger partial charge in [-0.1, -0.05) is 0 Å². The Morgan fingerprint density at radius 2 is 2.45 bits per heavy atom. The Labute approximate surface area is 68.1 Å². The molecule has 3 heteroatoms. The van der Waals surface area contributed by atoms with Gasteiger partial charge in [-0.3, -0.25) is 0 Å². The minimum atomic E-state index is 0.241. The van der Waals surface area contributed by atoms with Crippen LogP contribution in [0.2, 0.25) is 0 Å². The topological polar surface area (TPSA) is 30.5 Å². The van der Waals surface area contributed by atoms with Crippen molar-refractivity contribution in [3.63, 3.8) is 0 Å². The average Bonchev–Trinajstić information content (AvgIpc) is 2.17. The normalized spacial score (nSPS) is 33.3. The summed E-state index contributed by atoms with van der Waals surface area (Å²) in [5.74, 6) is 0. The summed E-state index contributed by atoms with van der Waals surface area (Å²) in [6, 6.07) is 0.580. The number of methoxy groups -OCH3 is 1. The summed E-state index contributed by atoms with van der Waals surface area (Å²) in [6.07, 6.45) is 1.34. The van der Waals surface area contributed by atoms with E-state index in [0.717, 1.165) is 19.6 Å². The molecule has 1 rings (SSSR count). The van der Waals surface area contributed by atoms with E-state index in [0.29, 0.717) is 12.6 Å². The highest BCUT2D eigenvalue weighted by Crippen LogP contribution is 2.02. The second-order valence-electron chi connectivity index (χ2n) is 3.05. The maximum atomic E-state index is 5.53. The molecule has 1 aliphatic heterocycles. The second-order valence-corrected chi connectivity index (χ2v) is 3.05. The summed E-state index contributed by atoms with van der Waals surface area (Å²) in [7, 11) is 1.71. The standard InChI is InChI=1S/C8H17NO2/c1-7-3-4-11-8(5-9-7)6-10-2/h7-9H,3-6H2,1-2H3. The zero-order chi connectivity index (χ0) is 8.10. The van der Waals surface area contributed by atoms with E-state index in [4.69, 9.17) is 9.47 Å². The van der Waals surface area contributed by atoms with Gasteiger partial charge in [-0.2, -0.15) is 0 Å². The van der Waals surface area contributed by atoms with Crippen molar-refractivity contribution < 1.29 is 9.47 Å². The SMILES string of the molecule is COCC1CNC(C)CCO1. The molecule has 2 atom stereocenters. The third-order valence-electron chi connectivity index (χ3n) is 1.95. The van der Waals surface area contributed by atoms with Crippen LogP contribution in [0.4, 0.5) is 0 Å². The number of nitrogens with one attached hydrogen (secondary N) is 1. The van der Waals surface area contributed by atoms with Crippen LogP contribution in [0.15, 0.2) is 0 Å². The van der Waals surface area contributed by atoms with Crippen molar-refractivity contribution in [2.24, 2.45) is 0 Å². The maximum Gasteiger partial charge on any atom is 0.0932 e. The lowest BCUT2D eigenvalue weighted by Gasteiger charge is -2.13. The quantitative estimate of drug-likeness (QED) is 0.632. The molecule has 0 aromatic heterocycles. The summed E-state index contributed by atoms with van der Waals surface area (Å²) >= 11 is 0. The van der Waals surface area contributed by atoms with Crippen molar-refractivity contribution in [2.75, 3.05) is 26.9 Å². The minimum absolute atomic E-state index is 0.241. The van der Waals surface area contributed by atoms with Gasteiger partial charge in [0, 0.05) is 26.3 Å². The Morgan fingerprint density at radius 1 is 1.64 bits per heavy atom. The number of hydrogen-bond acceptors (Lipinski definition) is 3. The zero-order valence-electron chi connectivity index (χ0n) is 7.30. The fourth-order valence-corrected chi connectivity index (χ4v) is 1.20. The first kappa shape index (κ1) is 8.97. The van der Waals surface area contributed by atoms with Crippen molar-refractivity contribution in [1.29, 1.82) is 0 Å². The monoisotopic (exact) mass is 159 g/mol. The summed E-state index contributed by atoms with van der Waals surface area (Å²) in [5.41, 5.74) is 0. The smallest absolute Gasteiger partial charge is 0.0932 e. The molecule has 0 radical (unpaired) electrons. The fraction of sp³-hybridized carbons (Fsp3) is 1.00. The molecular formula is C8H17NO2. The van der Waals surface area contributed by atoms with Gasteiger partial charge in [0.25, 0.3) is 0 Å². The van der Waals surface area contributed by atoms with Crippen molar-refractivity contribution in [1.82, 2.24) is 5.32 Å². The Hall–Kier alpha value is -0.120. The molecule has 1 aliphatic rings. The van der Waals surface area contributed by atoms with Crippen LogP contribution in [-0.2, 0) is 9.47 Å². The number of hydrogen-bond donors (Lipinski definition) is 1. The van der Waals surface area contributed by atoms with Gasteiger partial charge in [-0.15, -0.1) is 0 Å². The third-order valence-corrected chi connectivity index (χ3v) is 1.95. The summed E-state index contributed by atoms with van der Waals surface area (Å²) in [4.78, 5) is 0. The molecule has 1 fully saturated rings. The van der Waals surface area contributed by atoms with Gasteiger partial charge in [-0.05, 0) is 13.3 Å². The van der Waals surface area contributed by atoms with Gasteiger partial charge in [0.05, 0.1) is 12.7 Å². The van der Waals surface area contributed by atoms with E-state index in [2.05, 4.69) is 12.2 Å². The summed E-state index contributed by atoms with van der Waals surface area (Å²) in [5, 5.41) is 3.37. The molecule has 0 bridgehead atoms. The highest BCUT2D eigenvalue weighted by atomic mass is 16.5. The van der Waals surface area contributed by atoms with Crippen LogP contribution in [0, 0.1) is 0 Å². The van der Waals surface area contributed by atoms with E-state index in [1.54, 1.807) is 7.11 Å². The molecule has 11 heavy (non-hydrogen) atoms. The van der Waals surface area contributed by atoms with E-state index in [9.17, 15) is 0 Å². The molecule has 0 spiro atoms. The van der Waals surface area contributed by atoms with Crippen LogP contribution in [0.1, 0.15) is 13.3 Å². The summed E-state index contributed by atoms with van der Waals surface area (Å²) < 4.78 is 10.5. The maximum absolute atomic E-state index is 5.53. The van der Waals surface area contributed by atoms with Crippen molar-refractivity contribution >= 4 is 0 Å². The fourth-order valence-electron chi connectivity index (χ4n) is 1.20. The Balaban J connectivity index is 2.22.